The lowest BCUT2D eigenvalue weighted by atomic mass is 9.57. The Hall–Kier alpha value is -4.86. The summed E-state index contributed by atoms with van der Waals surface area (Å²) in [7, 11) is 6.71. The Balaban J connectivity index is 1.64. The summed E-state index contributed by atoms with van der Waals surface area (Å²) in [5.74, 6) is -6.95. The van der Waals surface area contributed by atoms with E-state index in [1.54, 1.807) is 58.5 Å². The quantitative estimate of drug-likeness (QED) is 0.211. The Labute approximate surface area is 247 Å². The van der Waals surface area contributed by atoms with Crippen molar-refractivity contribution >= 4 is 34.6 Å². The van der Waals surface area contributed by atoms with Crippen LogP contribution in [-0.4, -0.2) is 82.6 Å². The average molecular weight is 588 g/mol. The summed E-state index contributed by atoms with van der Waals surface area (Å²) in [5.41, 5.74) is 4.46. The first-order valence-electron chi connectivity index (χ1n) is 13.7. The lowest BCUT2D eigenvalue weighted by Gasteiger charge is -2.50. The van der Waals surface area contributed by atoms with E-state index in [4.69, 9.17) is 11.0 Å². The Kier molecular flexibility index (Phi) is 7.20. The molecule has 1 amide bonds. The molecule has 0 spiro atoms. The minimum absolute atomic E-state index is 0.00446. The van der Waals surface area contributed by atoms with Gasteiger partial charge < -0.3 is 36.4 Å². The van der Waals surface area contributed by atoms with Crippen LogP contribution in [0.4, 0.5) is 11.4 Å². The van der Waals surface area contributed by atoms with Crippen LogP contribution in [-0.2, 0) is 27.3 Å². The third-order valence-electron chi connectivity index (χ3n) is 8.75. The molecule has 0 saturated heterocycles. The number of primary amides is 1. The van der Waals surface area contributed by atoms with Crippen LogP contribution < -0.4 is 16.0 Å². The van der Waals surface area contributed by atoms with E-state index in [0.29, 0.717) is 16.8 Å². The molecule has 4 atom stereocenters. The zero-order valence-electron chi connectivity index (χ0n) is 24.2. The molecule has 224 valence electrons. The molecule has 12 nitrogen and oxygen atoms in total. The number of aliphatic hydroxyl groups is 3. The molecule has 0 aliphatic heterocycles. The molecule has 5 rings (SSSR count). The van der Waals surface area contributed by atoms with Crippen molar-refractivity contribution in [2.75, 3.05) is 38.4 Å². The summed E-state index contributed by atoms with van der Waals surface area (Å²) in [5, 5.41) is 58.0. The van der Waals surface area contributed by atoms with E-state index in [2.05, 4.69) is 11.4 Å². The number of aromatic hydroxyl groups is 1. The van der Waals surface area contributed by atoms with Gasteiger partial charge in [0, 0.05) is 37.8 Å². The molecule has 7 N–H and O–H groups in total. The zero-order valence-corrected chi connectivity index (χ0v) is 24.2. The second-order valence-electron chi connectivity index (χ2n) is 11.7. The van der Waals surface area contributed by atoms with E-state index in [1.807, 2.05) is 4.90 Å². The summed E-state index contributed by atoms with van der Waals surface area (Å²) in [6.45, 7) is 0.278. The fourth-order valence-corrected chi connectivity index (χ4v) is 6.72. The normalized spacial score (nSPS) is 24.7. The Morgan fingerprint density at radius 1 is 1.14 bits per heavy atom. The molecule has 1 fully saturated rings. The number of carbonyl (C=O) groups is 3. The lowest BCUT2D eigenvalue weighted by molar-refractivity contribution is -0.153. The van der Waals surface area contributed by atoms with Crippen LogP contribution >= 0.6 is 0 Å². The van der Waals surface area contributed by atoms with Crippen LogP contribution in [0.3, 0.4) is 0 Å². The van der Waals surface area contributed by atoms with E-state index in [-0.39, 0.29) is 42.0 Å². The fraction of sp³-hybridized carbons (Fsp3) is 0.355. The number of phenolic OH excluding ortho intramolecular Hbond substituents is 1. The summed E-state index contributed by atoms with van der Waals surface area (Å²) in [6.07, 6.45) is 0.198. The topological polar surface area (TPSA) is 200 Å². The molecule has 3 aliphatic rings. The number of nitriles is 1. The number of likely N-dealkylation sites (N-methyl/N-ethyl adjacent to an activating group) is 1. The van der Waals surface area contributed by atoms with Crippen molar-refractivity contribution < 1.29 is 34.8 Å². The molecule has 3 aliphatic carbocycles. The molecule has 12 heteroatoms. The van der Waals surface area contributed by atoms with Gasteiger partial charge >= 0.3 is 0 Å². The number of benzene rings is 2. The van der Waals surface area contributed by atoms with E-state index in [0.717, 1.165) is 5.56 Å². The number of aliphatic hydroxyl groups excluding tert-OH is 2. The van der Waals surface area contributed by atoms with Crippen molar-refractivity contribution in [2.45, 2.75) is 31.0 Å². The predicted molar refractivity (Wildman–Crippen MR) is 157 cm³/mol. The molecular formula is C31H33N5O7. The number of anilines is 2. The summed E-state index contributed by atoms with van der Waals surface area (Å²) in [6, 6.07) is 9.53. The highest BCUT2D eigenvalue weighted by atomic mass is 16.3. The number of rotatable bonds is 6. The number of nitrogens with zero attached hydrogens (tertiary/aromatic N) is 3. The predicted octanol–water partition coefficient (Wildman–Crippen LogP) is 1.51. The fourth-order valence-electron chi connectivity index (χ4n) is 6.72. The maximum Gasteiger partial charge on any atom is 0.255 e. The second-order valence-corrected chi connectivity index (χ2v) is 11.7. The molecule has 0 heterocycles. The number of fused-ring (bicyclic) bond motifs is 3. The molecule has 0 unspecified atom stereocenters. The van der Waals surface area contributed by atoms with E-state index < -0.39 is 58.0 Å². The van der Waals surface area contributed by atoms with Crippen molar-refractivity contribution in [3.8, 4) is 11.8 Å². The summed E-state index contributed by atoms with van der Waals surface area (Å²) in [4.78, 5) is 42.8. The van der Waals surface area contributed by atoms with Gasteiger partial charge in [-0.2, -0.15) is 5.26 Å². The molecular weight excluding hydrogens is 554 g/mol. The zero-order chi connectivity index (χ0) is 31.5. The van der Waals surface area contributed by atoms with Gasteiger partial charge in [0.25, 0.3) is 5.91 Å². The molecule has 43 heavy (non-hydrogen) atoms. The molecule has 1 saturated carbocycles. The average Bonchev–Trinajstić information content (AvgIpc) is 2.94. The van der Waals surface area contributed by atoms with Crippen LogP contribution in [0.15, 0.2) is 47.2 Å². The van der Waals surface area contributed by atoms with Crippen molar-refractivity contribution in [3.05, 3.63) is 69.5 Å². The number of hydrogen-bond acceptors (Lipinski definition) is 11. The number of hydrogen-bond donors (Lipinski definition) is 6. The standard InChI is InChI=1S/C31H33N5O7/c1-35(2)20-11-19(34-13-15-7-5-14(12-32)6-8-15)25(37)22-17(20)9-16-10-18-24(36(3)4)27(39)23(30(33)42)29(41)31(18,43)28(40)21(16)26(22)38/h5-8,11,16,18,24,34,37-38,41,43H,9-10,13H2,1-4H3,(H2,33,42)/t16-,18-,24-,31-/m0/s1. The number of ketones is 2. The SMILES string of the molecule is CN(C)c1cc(NCc2ccc(C#N)cc2)c(O)c2c1C[C@H]1C[C@H]3[C@H](N(C)C)C(=O)C(C(N)=O)=C(O)[C@@]3(O)C(=O)C1=C2O. The van der Waals surface area contributed by atoms with Crippen molar-refractivity contribution in [3.63, 3.8) is 0 Å². The van der Waals surface area contributed by atoms with Gasteiger partial charge in [0.2, 0.25) is 5.78 Å². The van der Waals surface area contributed by atoms with Gasteiger partial charge in [-0.05, 0) is 62.2 Å². The highest BCUT2D eigenvalue weighted by Crippen LogP contribution is 2.54. The van der Waals surface area contributed by atoms with Gasteiger partial charge in [-0.25, -0.2) is 0 Å². The number of amides is 1. The van der Waals surface area contributed by atoms with Gasteiger partial charge in [0.15, 0.2) is 11.4 Å². The lowest BCUT2D eigenvalue weighted by Crippen LogP contribution is -2.65. The summed E-state index contributed by atoms with van der Waals surface area (Å²) >= 11 is 0. The number of nitrogens with two attached hydrogens (primary N) is 1. The second kappa shape index (κ2) is 10.4. The molecule has 0 aromatic heterocycles. The number of phenols is 1. The maximum atomic E-state index is 14.1. The van der Waals surface area contributed by atoms with Crippen LogP contribution in [0.2, 0.25) is 0 Å². The molecule has 2 aromatic carbocycles. The summed E-state index contributed by atoms with van der Waals surface area (Å²) < 4.78 is 0. The number of carbonyl (C=O) groups excluding carboxylic acids is 3. The van der Waals surface area contributed by atoms with Gasteiger partial charge in [0.1, 0.15) is 22.8 Å². The number of nitrogens with one attached hydrogen (secondary N) is 1. The van der Waals surface area contributed by atoms with E-state index >= 15 is 0 Å². The van der Waals surface area contributed by atoms with Crippen LogP contribution in [0.1, 0.15) is 28.7 Å². The van der Waals surface area contributed by atoms with Crippen LogP contribution in [0.25, 0.3) is 5.76 Å². The first-order valence-corrected chi connectivity index (χ1v) is 13.7. The van der Waals surface area contributed by atoms with E-state index in [1.165, 1.54) is 4.90 Å². The van der Waals surface area contributed by atoms with Crippen molar-refractivity contribution in [2.24, 2.45) is 17.6 Å². The highest BCUT2D eigenvalue weighted by molar-refractivity contribution is 6.24. The number of Topliss-reactive ketones (excluding diaryl/α,β-unsaturated/α-hetero) is 2. The molecule has 2 aromatic rings. The Morgan fingerprint density at radius 3 is 2.35 bits per heavy atom. The molecule has 0 radical (unpaired) electrons. The highest BCUT2D eigenvalue weighted by Gasteiger charge is 2.64. The van der Waals surface area contributed by atoms with Gasteiger partial charge in [0.05, 0.1) is 28.9 Å². The maximum absolute atomic E-state index is 14.1. The Morgan fingerprint density at radius 2 is 1.79 bits per heavy atom. The van der Waals surface area contributed by atoms with E-state index in [9.17, 15) is 34.8 Å². The monoisotopic (exact) mass is 587 g/mol. The van der Waals surface area contributed by atoms with Gasteiger partial charge in [-0.1, -0.05) is 12.1 Å². The Bertz CT molecular complexity index is 1670. The largest absolute Gasteiger partial charge is 0.508 e. The minimum atomic E-state index is -2.70. The van der Waals surface area contributed by atoms with Gasteiger partial charge in [-0.15, -0.1) is 0 Å². The van der Waals surface area contributed by atoms with Crippen molar-refractivity contribution in [1.29, 1.82) is 5.26 Å². The van der Waals surface area contributed by atoms with Crippen LogP contribution in [0.5, 0.6) is 5.75 Å². The minimum Gasteiger partial charge on any atom is -0.508 e. The first-order chi connectivity index (χ1) is 20.2. The van der Waals surface area contributed by atoms with Gasteiger partial charge in [-0.3, -0.25) is 19.3 Å². The third kappa shape index (κ3) is 4.40. The third-order valence-corrected chi connectivity index (χ3v) is 8.75. The van der Waals surface area contributed by atoms with Crippen LogP contribution in [0, 0.1) is 23.2 Å². The van der Waals surface area contributed by atoms with Crippen molar-refractivity contribution in [1.82, 2.24) is 4.90 Å². The first kappa shape index (κ1) is 29.6. The molecule has 0 bridgehead atoms. The smallest absolute Gasteiger partial charge is 0.255 e.